The van der Waals surface area contributed by atoms with Gasteiger partial charge in [-0.25, -0.2) is 0 Å². The highest BCUT2D eigenvalue weighted by Crippen LogP contribution is 2.32. The van der Waals surface area contributed by atoms with Crippen LogP contribution in [0.5, 0.6) is 0 Å². The van der Waals surface area contributed by atoms with Gasteiger partial charge in [0, 0.05) is 19.1 Å². The van der Waals surface area contributed by atoms with Crippen molar-refractivity contribution in [3.63, 3.8) is 0 Å². The van der Waals surface area contributed by atoms with Crippen LogP contribution in [0.4, 0.5) is 0 Å². The lowest BCUT2D eigenvalue weighted by molar-refractivity contribution is 0.0297. The summed E-state index contributed by atoms with van der Waals surface area (Å²) in [4.78, 5) is 2.40. The smallest absolute Gasteiger partial charge is 0.0668 e. The van der Waals surface area contributed by atoms with Crippen molar-refractivity contribution in [2.75, 3.05) is 6.54 Å². The number of hydrogen-bond acceptors (Lipinski definition) is 2. The molecule has 0 radical (unpaired) electrons. The van der Waals surface area contributed by atoms with Crippen molar-refractivity contribution in [3.05, 3.63) is 71.8 Å². The van der Waals surface area contributed by atoms with Crippen LogP contribution in [0, 0.1) is 0 Å². The second-order valence-electron chi connectivity index (χ2n) is 5.57. The van der Waals surface area contributed by atoms with Crippen molar-refractivity contribution in [1.29, 1.82) is 0 Å². The third-order valence-electron chi connectivity index (χ3n) is 4.07. The molecule has 20 heavy (non-hydrogen) atoms. The molecule has 1 aliphatic rings. The number of β-amino-alcohol motifs (C(OH)–C–C–N with tert-alkyl or cyclic N) is 1. The minimum absolute atomic E-state index is 0.196. The molecule has 2 nitrogen and oxygen atoms in total. The van der Waals surface area contributed by atoms with Crippen molar-refractivity contribution < 1.29 is 5.11 Å². The molecule has 0 bridgehead atoms. The van der Waals surface area contributed by atoms with E-state index in [-0.39, 0.29) is 6.10 Å². The van der Waals surface area contributed by atoms with E-state index in [0.717, 1.165) is 25.9 Å². The molecule has 0 amide bonds. The lowest BCUT2D eigenvalue weighted by Crippen LogP contribution is -2.40. The molecule has 104 valence electrons. The number of rotatable bonds is 3. The van der Waals surface area contributed by atoms with Gasteiger partial charge in [0.05, 0.1) is 6.10 Å². The molecule has 2 atom stereocenters. The molecule has 1 N–H and O–H groups in total. The number of benzene rings is 2. The van der Waals surface area contributed by atoms with E-state index in [2.05, 4.69) is 59.5 Å². The average molecular weight is 267 g/mol. The molecule has 3 rings (SSSR count). The normalized spacial score (nSPS) is 23.6. The zero-order chi connectivity index (χ0) is 13.8. The quantitative estimate of drug-likeness (QED) is 0.921. The van der Waals surface area contributed by atoms with Crippen molar-refractivity contribution in [2.24, 2.45) is 0 Å². The van der Waals surface area contributed by atoms with Crippen LogP contribution in [0.1, 0.15) is 30.0 Å². The SMILES string of the molecule is OC1CCC(c2ccccc2)N(Cc2ccccc2)C1. The largest absolute Gasteiger partial charge is 0.392 e. The Hall–Kier alpha value is -1.64. The van der Waals surface area contributed by atoms with Crippen molar-refractivity contribution in [1.82, 2.24) is 4.90 Å². The van der Waals surface area contributed by atoms with E-state index in [1.165, 1.54) is 11.1 Å². The Kier molecular flexibility index (Phi) is 4.14. The summed E-state index contributed by atoms with van der Waals surface area (Å²) >= 11 is 0. The van der Waals surface area contributed by atoms with Crippen LogP contribution < -0.4 is 0 Å². The van der Waals surface area contributed by atoms with Crippen LogP contribution in [-0.4, -0.2) is 22.7 Å². The zero-order valence-electron chi connectivity index (χ0n) is 11.7. The fraction of sp³-hybridized carbons (Fsp3) is 0.333. The molecule has 1 heterocycles. The van der Waals surface area contributed by atoms with Gasteiger partial charge in [-0.2, -0.15) is 0 Å². The van der Waals surface area contributed by atoms with Crippen LogP contribution in [0.2, 0.25) is 0 Å². The molecule has 2 aromatic carbocycles. The topological polar surface area (TPSA) is 23.5 Å². The Morgan fingerprint density at radius 2 is 1.55 bits per heavy atom. The first-order chi connectivity index (χ1) is 9.83. The predicted molar refractivity (Wildman–Crippen MR) is 81.3 cm³/mol. The summed E-state index contributed by atoms with van der Waals surface area (Å²) in [5.74, 6) is 0. The number of nitrogens with zero attached hydrogens (tertiary/aromatic N) is 1. The molecule has 2 unspecified atom stereocenters. The summed E-state index contributed by atoms with van der Waals surface area (Å²) in [7, 11) is 0. The van der Waals surface area contributed by atoms with E-state index in [4.69, 9.17) is 0 Å². The molecule has 2 heteroatoms. The summed E-state index contributed by atoms with van der Waals surface area (Å²) in [6.07, 6.45) is 1.72. The summed E-state index contributed by atoms with van der Waals surface area (Å²) in [5.41, 5.74) is 2.66. The first kappa shape index (κ1) is 13.3. The number of likely N-dealkylation sites (tertiary alicyclic amines) is 1. The molecule has 0 spiro atoms. The van der Waals surface area contributed by atoms with Gasteiger partial charge in [0.15, 0.2) is 0 Å². The van der Waals surface area contributed by atoms with E-state index in [1.807, 2.05) is 6.07 Å². The molecule has 0 aliphatic carbocycles. The molecule has 1 saturated heterocycles. The molecule has 1 aliphatic heterocycles. The van der Waals surface area contributed by atoms with E-state index in [1.54, 1.807) is 0 Å². The Bertz CT molecular complexity index is 526. The number of aliphatic hydroxyl groups is 1. The third-order valence-corrected chi connectivity index (χ3v) is 4.07. The highest BCUT2D eigenvalue weighted by molar-refractivity contribution is 5.21. The van der Waals surface area contributed by atoms with Gasteiger partial charge in [-0.15, -0.1) is 0 Å². The van der Waals surface area contributed by atoms with Crippen LogP contribution in [0.25, 0.3) is 0 Å². The number of piperidine rings is 1. The standard InChI is InChI=1S/C18H21NO/c20-17-11-12-18(16-9-5-2-6-10-16)19(14-17)13-15-7-3-1-4-8-15/h1-10,17-18,20H,11-14H2. The van der Waals surface area contributed by atoms with Gasteiger partial charge in [0.1, 0.15) is 0 Å². The highest BCUT2D eigenvalue weighted by atomic mass is 16.3. The second kappa shape index (κ2) is 6.21. The Labute approximate surface area is 120 Å². The van der Waals surface area contributed by atoms with E-state index in [0.29, 0.717) is 6.04 Å². The lowest BCUT2D eigenvalue weighted by Gasteiger charge is -2.38. The van der Waals surface area contributed by atoms with Crippen molar-refractivity contribution >= 4 is 0 Å². The van der Waals surface area contributed by atoms with Crippen LogP contribution >= 0.6 is 0 Å². The molecular formula is C18H21NO. The van der Waals surface area contributed by atoms with Crippen molar-refractivity contribution in [3.8, 4) is 0 Å². The fourth-order valence-electron chi connectivity index (χ4n) is 3.07. The minimum atomic E-state index is -0.196. The molecule has 2 aromatic rings. The van der Waals surface area contributed by atoms with Gasteiger partial charge in [-0.3, -0.25) is 4.90 Å². The van der Waals surface area contributed by atoms with Crippen LogP contribution in [0.15, 0.2) is 60.7 Å². The maximum absolute atomic E-state index is 9.98. The monoisotopic (exact) mass is 267 g/mol. The number of hydrogen-bond donors (Lipinski definition) is 1. The first-order valence-corrected chi connectivity index (χ1v) is 7.34. The summed E-state index contributed by atoms with van der Waals surface area (Å²) < 4.78 is 0. The van der Waals surface area contributed by atoms with E-state index < -0.39 is 0 Å². The fourth-order valence-corrected chi connectivity index (χ4v) is 3.07. The molecular weight excluding hydrogens is 246 g/mol. The molecule has 0 saturated carbocycles. The van der Waals surface area contributed by atoms with Crippen LogP contribution in [-0.2, 0) is 6.54 Å². The highest BCUT2D eigenvalue weighted by Gasteiger charge is 2.28. The van der Waals surface area contributed by atoms with Crippen LogP contribution in [0.3, 0.4) is 0 Å². The minimum Gasteiger partial charge on any atom is -0.392 e. The van der Waals surface area contributed by atoms with E-state index >= 15 is 0 Å². The van der Waals surface area contributed by atoms with E-state index in [9.17, 15) is 5.11 Å². The maximum Gasteiger partial charge on any atom is 0.0668 e. The van der Waals surface area contributed by atoms with Gasteiger partial charge >= 0.3 is 0 Å². The zero-order valence-corrected chi connectivity index (χ0v) is 11.7. The second-order valence-corrected chi connectivity index (χ2v) is 5.57. The third kappa shape index (κ3) is 3.09. The molecule has 0 aromatic heterocycles. The van der Waals surface area contributed by atoms with Gasteiger partial charge in [0.2, 0.25) is 0 Å². The Balaban J connectivity index is 1.80. The van der Waals surface area contributed by atoms with Crippen molar-refractivity contribution in [2.45, 2.75) is 31.5 Å². The Morgan fingerprint density at radius 1 is 0.900 bits per heavy atom. The maximum atomic E-state index is 9.98. The average Bonchev–Trinajstić information content (AvgIpc) is 2.49. The van der Waals surface area contributed by atoms with Gasteiger partial charge in [-0.1, -0.05) is 60.7 Å². The molecule has 1 fully saturated rings. The lowest BCUT2D eigenvalue weighted by atomic mass is 9.93. The Morgan fingerprint density at radius 3 is 2.25 bits per heavy atom. The predicted octanol–water partition coefficient (Wildman–Crippen LogP) is 3.38. The van der Waals surface area contributed by atoms with Gasteiger partial charge in [-0.05, 0) is 24.0 Å². The van der Waals surface area contributed by atoms with Gasteiger partial charge < -0.3 is 5.11 Å². The first-order valence-electron chi connectivity index (χ1n) is 7.34. The number of aliphatic hydroxyl groups excluding tert-OH is 1. The summed E-state index contributed by atoms with van der Waals surface area (Å²) in [6.45, 7) is 1.66. The summed E-state index contributed by atoms with van der Waals surface area (Å²) in [6, 6.07) is 21.6. The summed E-state index contributed by atoms with van der Waals surface area (Å²) in [5, 5.41) is 9.98. The van der Waals surface area contributed by atoms with Gasteiger partial charge in [0.25, 0.3) is 0 Å².